The second-order valence-corrected chi connectivity index (χ2v) is 7.80. The van der Waals surface area contributed by atoms with E-state index in [9.17, 15) is 4.79 Å². The minimum atomic E-state index is -0.628. The molecule has 0 radical (unpaired) electrons. The zero-order valence-electron chi connectivity index (χ0n) is 16.8. The van der Waals surface area contributed by atoms with E-state index in [1.54, 1.807) is 14.2 Å². The van der Waals surface area contributed by atoms with Crippen LogP contribution in [0.3, 0.4) is 0 Å². The first-order chi connectivity index (χ1) is 13.4. The molecule has 0 bridgehead atoms. The van der Waals surface area contributed by atoms with Crippen LogP contribution in [0.5, 0.6) is 11.5 Å². The van der Waals surface area contributed by atoms with Gasteiger partial charge in [-0.1, -0.05) is 38.1 Å². The maximum absolute atomic E-state index is 12.5. The molecule has 5 nitrogen and oxygen atoms in total. The number of benzene rings is 2. The number of nitrogens with zero attached hydrogens (tertiary/aromatic N) is 1. The summed E-state index contributed by atoms with van der Waals surface area (Å²) >= 11 is 0. The van der Waals surface area contributed by atoms with Crippen molar-refractivity contribution in [2.45, 2.75) is 31.3 Å². The highest BCUT2D eigenvalue weighted by Gasteiger charge is 2.57. The molecule has 0 aromatic heterocycles. The van der Waals surface area contributed by atoms with E-state index in [-0.39, 0.29) is 11.3 Å². The lowest BCUT2D eigenvalue weighted by Crippen LogP contribution is -2.68. The smallest absolute Gasteiger partial charge is 0.223 e. The Bertz CT molecular complexity index is 951. The summed E-state index contributed by atoms with van der Waals surface area (Å²) in [4.78, 5) is 14.8. The number of carbonyl (C=O) groups excluding carboxylic acids is 1. The average molecular weight is 378 g/mol. The van der Waals surface area contributed by atoms with Gasteiger partial charge < -0.3 is 19.7 Å². The van der Waals surface area contributed by atoms with Gasteiger partial charge >= 0.3 is 0 Å². The Kier molecular flexibility index (Phi) is 4.33. The van der Waals surface area contributed by atoms with Gasteiger partial charge in [-0.3, -0.25) is 4.79 Å². The molecule has 1 amide bonds. The van der Waals surface area contributed by atoms with E-state index in [0.717, 1.165) is 17.1 Å². The van der Waals surface area contributed by atoms with Crippen molar-refractivity contribution >= 4 is 17.7 Å². The van der Waals surface area contributed by atoms with Crippen molar-refractivity contribution in [3.8, 4) is 11.5 Å². The Balaban J connectivity index is 1.82. The second kappa shape index (κ2) is 6.59. The van der Waals surface area contributed by atoms with Crippen molar-refractivity contribution in [2.24, 2.45) is 0 Å². The number of fused-ring (bicyclic) bond motifs is 3. The maximum Gasteiger partial charge on any atom is 0.223 e. The largest absolute Gasteiger partial charge is 0.497 e. The molecular weight excluding hydrogens is 352 g/mol. The van der Waals surface area contributed by atoms with Crippen LogP contribution in [-0.2, 0) is 10.2 Å². The van der Waals surface area contributed by atoms with Gasteiger partial charge in [-0.25, -0.2) is 0 Å². The number of para-hydroxylation sites is 1. The van der Waals surface area contributed by atoms with Gasteiger partial charge in [0.05, 0.1) is 14.2 Å². The van der Waals surface area contributed by atoms with E-state index in [4.69, 9.17) is 9.47 Å². The van der Waals surface area contributed by atoms with Crippen LogP contribution in [0, 0.1) is 0 Å². The van der Waals surface area contributed by atoms with E-state index in [1.165, 1.54) is 11.3 Å². The summed E-state index contributed by atoms with van der Waals surface area (Å²) in [5.74, 6) is 1.55. The molecule has 0 spiro atoms. The second-order valence-electron chi connectivity index (χ2n) is 7.80. The average Bonchev–Trinajstić information content (AvgIpc) is 2.90. The molecule has 28 heavy (non-hydrogen) atoms. The number of ether oxygens (including phenoxy) is 2. The van der Waals surface area contributed by atoms with E-state index in [1.807, 2.05) is 24.3 Å². The Morgan fingerprint density at radius 1 is 1.11 bits per heavy atom. The molecule has 2 aliphatic heterocycles. The number of carbonyl (C=O) groups is 1. The fourth-order valence-electron chi connectivity index (χ4n) is 4.49. The molecule has 1 saturated heterocycles. The quantitative estimate of drug-likeness (QED) is 0.881. The highest BCUT2D eigenvalue weighted by atomic mass is 16.5. The maximum atomic E-state index is 12.5. The molecule has 4 rings (SSSR count). The molecule has 2 aromatic rings. The predicted molar refractivity (Wildman–Crippen MR) is 111 cm³/mol. The summed E-state index contributed by atoms with van der Waals surface area (Å²) < 4.78 is 10.8. The summed E-state index contributed by atoms with van der Waals surface area (Å²) in [6, 6.07) is 14.1. The van der Waals surface area contributed by atoms with E-state index in [2.05, 4.69) is 54.4 Å². The fourth-order valence-corrected chi connectivity index (χ4v) is 4.49. The molecule has 0 aliphatic carbocycles. The van der Waals surface area contributed by atoms with Crippen LogP contribution in [-0.4, -0.2) is 32.3 Å². The highest BCUT2D eigenvalue weighted by Crippen LogP contribution is 2.52. The number of anilines is 1. The number of hydrogen-bond donors (Lipinski definition) is 1. The van der Waals surface area contributed by atoms with Crippen LogP contribution in [0.4, 0.5) is 5.69 Å². The van der Waals surface area contributed by atoms with Crippen molar-refractivity contribution in [1.82, 2.24) is 5.32 Å². The topological polar surface area (TPSA) is 50.8 Å². The van der Waals surface area contributed by atoms with Crippen molar-refractivity contribution in [1.29, 1.82) is 0 Å². The van der Waals surface area contributed by atoms with Gasteiger partial charge in [0.2, 0.25) is 5.91 Å². The van der Waals surface area contributed by atoms with Crippen LogP contribution in [0.25, 0.3) is 6.08 Å². The first-order valence-corrected chi connectivity index (χ1v) is 9.52. The van der Waals surface area contributed by atoms with Gasteiger partial charge in [0.25, 0.3) is 0 Å². The van der Waals surface area contributed by atoms with Gasteiger partial charge in [-0.05, 0) is 29.8 Å². The van der Waals surface area contributed by atoms with Crippen molar-refractivity contribution in [3.63, 3.8) is 0 Å². The molecule has 146 valence electrons. The summed E-state index contributed by atoms with van der Waals surface area (Å²) in [6.45, 7) is 5.07. The minimum absolute atomic E-state index is 0.0727. The molecule has 1 N–H and O–H groups in total. The standard InChI is InChI=1S/C23H26N2O3/c1-22(2)18-7-5-6-8-19(18)25-14-12-21(26)24-23(22,25)13-11-16-9-10-17(27-3)15-20(16)28-4/h5-11,13,15H,12,14H2,1-4H3,(H,24,26)/b13-11+/t23-/m0/s1. The van der Waals surface area contributed by atoms with Crippen molar-refractivity contribution in [3.05, 3.63) is 59.7 Å². The number of rotatable bonds is 4. The Morgan fingerprint density at radius 3 is 2.64 bits per heavy atom. The molecule has 2 heterocycles. The molecule has 0 saturated carbocycles. The zero-order chi connectivity index (χ0) is 19.9. The van der Waals surface area contributed by atoms with Gasteiger partial charge in [0.15, 0.2) is 0 Å². The monoisotopic (exact) mass is 378 g/mol. The van der Waals surface area contributed by atoms with Gasteiger partial charge in [-0.15, -0.1) is 0 Å². The number of nitrogens with one attached hydrogen (secondary N) is 1. The Labute approximate surface area is 165 Å². The molecule has 0 unspecified atom stereocenters. The highest BCUT2D eigenvalue weighted by molar-refractivity contribution is 5.84. The third-order valence-corrected chi connectivity index (χ3v) is 6.08. The molecular formula is C23H26N2O3. The van der Waals surface area contributed by atoms with Crippen molar-refractivity contribution in [2.75, 3.05) is 25.7 Å². The fraction of sp³-hybridized carbons (Fsp3) is 0.348. The van der Waals surface area contributed by atoms with Crippen LogP contribution in [0.2, 0.25) is 0 Å². The lowest BCUT2D eigenvalue weighted by atomic mass is 9.74. The third kappa shape index (κ3) is 2.57. The normalized spacial score (nSPS) is 22.6. The molecule has 2 aliphatic rings. The van der Waals surface area contributed by atoms with Crippen molar-refractivity contribution < 1.29 is 14.3 Å². The lowest BCUT2D eigenvalue weighted by Gasteiger charge is -2.49. The lowest BCUT2D eigenvalue weighted by molar-refractivity contribution is -0.124. The molecule has 1 fully saturated rings. The van der Waals surface area contributed by atoms with Gasteiger partial charge in [0, 0.05) is 35.7 Å². The third-order valence-electron chi connectivity index (χ3n) is 6.08. The summed E-state index contributed by atoms with van der Waals surface area (Å²) in [7, 11) is 3.28. The summed E-state index contributed by atoms with van der Waals surface area (Å²) in [5, 5.41) is 3.29. The first-order valence-electron chi connectivity index (χ1n) is 9.52. The van der Waals surface area contributed by atoms with Gasteiger partial charge in [-0.2, -0.15) is 0 Å². The van der Waals surface area contributed by atoms with E-state index >= 15 is 0 Å². The molecule has 5 heteroatoms. The predicted octanol–water partition coefficient (Wildman–Crippen LogP) is 3.73. The van der Waals surface area contributed by atoms with Crippen LogP contribution < -0.4 is 19.7 Å². The molecule has 1 atom stereocenters. The Hall–Kier alpha value is -2.95. The zero-order valence-corrected chi connectivity index (χ0v) is 16.8. The number of amides is 1. The summed E-state index contributed by atoms with van der Waals surface area (Å²) in [6.07, 6.45) is 4.63. The molecule has 2 aromatic carbocycles. The first kappa shape index (κ1) is 18.4. The minimum Gasteiger partial charge on any atom is -0.497 e. The van der Waals surface area contributed by atoms with E-state index < -0.39 is 5.66 Å². The van der Waals surface area contributed by atoms with E-state index in [0.29, 0.717) is 13.0 Å². The van der Waals surface area contributed by atoms with Crippen LogP contribution in [0.15, 0.2) is 48.5 Å². The SMILES string of the molecule is COc1ccc(/C=C/[C@]23NC(=O)CCN2c2ccccc2C3(C)C)c(OC)c1. The van der Waals surface area contributed by atoms with Crippen LogP contribution in [0.1, 0.15) is 31.4 Å². The van der Waals surface area contributed by atoms with Gasteiger partial charge in [0.1, 0.15) is 17.2 Å². The number of methoxy groups -OCH3 is 2. The number of hydrogen-bond acceptors (Lipinski definition) is 4. The van der Waals surface area contributed by atoms with Crippen LogP contribution >= 0.6 is 0 Å². The Morgan fingerprint density at radius 2 is 1.89 bits per heavy atom. The summed E-state index contributed by atoms with van der Waals surface area (Å²) in [5.41, 5.74) is 2.43.